The molecule has 2 aromatic heterocycles. The largest absolute Gasteiger partial charge is 0.380 e. The molecule has 3 rings (SSSR count). The topological polar surface area (TPSA) is 70.2 Å². The van der Waals surface area contributed by atoms with Crippen LogP contribution in [0, 0.1) is 0 Å². The number of aromatic nitrogens is 2. The van der Waals surface area contributed by atoms with E-state index >= 15 is 0 Å². The molecule has 1 aliphatic rings. The van der Waals surface area contributed by atoms with Crippen molar-refractivity contribution in [3.05, 3.63) is 44.0 Å². The number of morpholine rings is 1. The molecule has 1 atom stereocenters. The van der Waals surface area contributed by atoms with E-state index in [0.29, 0.717) is 12.2 Å². The van der Waals surface area contributed by atoms with Crippen LogP contribution in [0.5, 0.6) is 0 Å². The minimum absolute atomic E-state index is 0.141. The van der Waals surface area contributed by atoms with E-state index in [0.717, 1.165) is 26.3 Å². The second-order valence-electron chi connectivity index (χ2n) is 4.99. The minimum atomic E-state index is -0.384. The van der Waals surface area contributed by atoms with E-state index in [-0.39, 0.29) is 16.6 Å². The molecule has 0 aromatic carbocycles. The summed E-state index contributed by atoms with van der Waals surface area (Å²) in [5, 5.41) is 11.6. The number of aromatic amines is 1. The maximum absolute atomic E-state index is 11.5. The van der Waals surface area contributed by atoms with E-state index in [1.165, 1.54) is 11.1 Å². The third-order valence-corrected chi connectivity index (χ3v) is 4.99. The lowest BCUT2D eigenvalue weighted by atomic mass is 10.2. The van der Waals surface area contributed by atoms with E-state index in [4.69, 9.17) is 16.3 Å². The van der Waals surface area contributed by atoms with E-state index in [1.807, 2.05) is 0 Å². The summed E-state index contributed by atoms with van der Waals surface area (Å²) < 4.78 is 5.43. The SMILES string of the molecule is O=c1[nH]ncc(NC[C@@H](c2cccs2)N2CCOCC2)c1Cl. The average molecular weight is 341 g/mol. The monoisotopic (exact) mass is 340 g/mol. The van der Waals surface area contributed by atoms with Crippen LogP contribution >= 0.6 is 22.9 Å². The lowest BCUT2D eigenvalue weighted by Gasteiger charge is -2.34. The first-order chi connectivity index (χ1) is 10.8. The van der Waals surface area contributed by atoms with Crippen LogP contribution in [0.2, 0.25) is 5.02 Å². The van der Waals surface area contributed by atoms with Crippen LogP contribution in [0.4, 0.5) is 5.69 Å². The van der Waals surface area contributed by atoms with Gasteiger partial charge in [0.1, 0.15) is 5.02 Å². The fourth-order valence-electron chi connectivity index (χ4n) is 2.49. The van der Waals surface area contributed by atoms with Crippen molar-refractivity contribution < 1.29 is 4.74 Å². The Morgan fingerprint density at radius 1 is 1.50 bits per heavy atom. The van der Waals surface area contributed by atoms with Gasteiger partial charge in [-0.05, 0) is 11.4 Å². The molecule has 0 bridgehead atoms. The van der Waals surface area contributed by atoms with E-state index < -0.39 is 0 Å². The molecule has 1 saturated heterocycles. The molecular formula is C14H17ClN4O2S. The molecule has 2 aromatic rings. The number of H-pyrrole nitrogens is 1. The number of thiophene rings is 1. The minimum Gasteiger partial charge on any atom is -0.380 e. The first-order valence-corrected chi connectivity index (χ1v) is 8.33. The van der Waals surface area contributed by atoms with Crippen molar-refractivity contribution in [2.75, 3.05) is 38.2 Å². The first kappa shape index (κ1) is 15.5. The second-order valence-corrected chi connectivity index (χ2v) is 6.34. The number of rotatable bonds is 5. The van der Waals surface area contributed by atoms with Gasteiger partial charge in [0, 0.05) is 24.5 Å². The van der Waals surface area contributed by atoms with Crippen molar-refractivity contribution in [2.45, 2.75) is 6.04 Å². The summed E-state index contributed by atoms with van der Waals surface area (Å²) in [6.45, 7) is 3.94. The Balaban J connectivity index is 1.75. The smallest absolute Gasteiger partial charge is 0.285 e. The summed E-state index contributed by atoms with van der Waals surface area (Å²) in [6.07, 6.45) is 1.54. The summed E-state index contributed by atoms with van der Waals surface area (Å²) in [5.74, 6) is 0. The van der Waals surface area contributed by atoms with Gasteiger partial charge in [0.15, 0.2) is 0 Å². The van der Waals surface area contributed by atoms with E-state index in [1.54, 1.807) is 11.3 Å². The van der Waals surface area contributed by atoms with Crippen LogP contribution < -0.4 is 10.9 Å². The summed E-state index contributed by atoms with van der Waals surface area (Å²) >= 11 is 7.74. The number of hydrogen-bond acceptors (Lipinski definition) is 6. The lowest BCUT2D eigenvalue weighted by Crippen LogP contribution is -2.41. The summed E-state index contributed by atoms with van der Waals surface area (Å²) in [4.78, 5) is 15.2. The molecule has 0 saturated carbocycles. The zero-order valence-electron chi connectivity index (χ0n) is 11.9. The Morgan fingerprint density at radius 3 is 3.05 bits per heavy atom. The Labute approximate surface area is 137 Å². The average Bonchev–Trinajstić information content (AvgIpc) is 3.07. The fourth-order valence-corrected chi connectivity index (χ4v) is 3.51. The third-order valence-electron chi connectivity index (χ3n) is 3.64. The number of anilines is 1. The Morgan fingerprint density at radius 2 is 2.32 bits per heavy atom. The molecule has 3 heterocycles. The highest BCUT2D eigenvalue weighted by Crippen LogP contribution is 2.27. The number of nitrogens with zero attached hydrogens (tertiary/aromatic N) is 2. The molecule has 0 unspecified atom stereocenters. The van der Waals surface area contributed by atoms with Crippen molar-refractivity contribution in [1.29, 1.82) is 0 Å². The van der Waals surface area contributed by atoms with Gasteiger partial charge in [-0.1, -0.05) is 17.7 Å². The molecule has 2 N–H and O–H groups in total. The van der Waals surface area contributed by atoms with Crippen molar-refractivity contribution >= 4 is 28.6 Å². The standard InChI is InChI=1S/C14H17ClN4O2S/c15-13-10(8-17-18-14(13)20)16-9-11(12-2-1-7-22-12)19-3-5-21-6-4-19/h1-2,7-8,11H,3-6,9H2,(H2,16,18,20)/t11-/m0/s1. The number of ether oxygens (including phenoxy) is 1. The first-order valence-electron chi connectivity index (χ1n) is 7.08. The summed E-state index contributed by atoms with van der Waals surface area (Å²) in [5.41, 5.74) is 0.172. The molecule has 118 valence electrons. The normalized spacial score (nSPS) is 17.3. The molecule has 1 aliphatic heterocycles. The highest BCUT2D eigenvalue weighted by molar-refractivity contribution is 7.10. The number of nitrogens with one attached hydrogen (secondary N) is 2. The van der Waals surface area contributed by atoms with Crippen LogP contribution in [-0.2, 0) is 4.74 Å². The van der Waals surface area contributed by atoms with Gasteiger partial charge in [0.25, 0.3) is 5.56 Å². The van der Waals surface area contributed by atoms with Crippen molar-refractivity contribution in [1.82, 2.24) is 15.1 Å². The van der Waals surface area contributed by atoms with Gasteiger partial charge in [0.2, 0.25) is 0 Å². The van der Waals surface area contributed by atoms with Crippen LogP contribution in [0.25, 0.3) is 0 Å². The molecular weight excluding hydrogens is 324 g/mol. The Kier molecular flexibility index (Phi) is 5.09. The van der Waals surface area contributed by atoms with Gasteiger partial charge in [-0.3, -0.25) is 9.69 Å². The van der Waals surface area contributed by atoms with Gasteiger partial charge in [-0.15, -0.1) is 11.3 Å². The third kappa shape index (κ3) is 3.49. The molecule has 0 spiro atoms. The van der Waals surface area contributed by atoms with Crippen molar-refractivity contribution in [3.63, 3.8) is 0 Å². The fraction of sp³-hybridized carbons (Fsp3) is 0.429. The highest BCUT2D eigenvalue weighted by atomic mass is 35.5. The van der Waals surface area contributed by atoms with Gasteiger partial charge in [-0.2, -0.15) is 5.10 Å². The molecule has 6 nitrogen and oxygen atoms in total. The summed E-state index contributed by atoms with van der Waals surface area (Å²) in [6, 6.07) is 4.40. The highest BCUT2D eigenvalue weighted by Gasteiger charge is 2.23. The molecule has 0 aliphatic carbocycles. The van der Waals surface area contributed by atoms with Crippen molar-refractivity contribution in [3.8, 4) is 0 Å². The number of halogens is 1. The molecule has 0 radical (unpaired) electrons. The Bertz CT molecular complexity index is 655. The van der Waals surface area contributed by atoms with E-state index in [2.05, 4.69) is 37.9 Å². The van der Waals surface area contributed by atoms with E-state index in [9.17, 15) is 4.79 Å². The maximum Gasteiger partial charge on any atom is 0.285 e. The maximum atomic E-state index is 11.5. The molecule has 22 heavy (non-hydrogen) atoms. The number of hydrogen-bond donors (Lipinski definition) is 2. The second kappa shape index (κ2) is 7.23. The summed E-state index contributed by atoms with van der Waals surface area (Å²) in [7, 11) is 0. The van der Waals surface area contributed by atoms with Crippen LogP contribution in [0.15, 0.2) is 28.5 Å². The zero-order chi connectivity index (χ0) is 15.4. The predicted molar refractivity (Wildman–Crippen MR) is 87.8 cm³/mol. The molecule has 1 fully saturated rings. The Hall–Kier alpha value is -1.41. The predicted octanol–water partition coefficient (Wildman–Crippen LogP) is 1.97. The lowest BCUT2D eigenvalue weighted by molar-refractivity contribution is 0.0194. The van der Waals surface area contributed by atoms with Gasteiger partial charge >= 0.3 is 0 Å². The van der Waals surface area contributed by atoms with Gasteiger partial charge < -0.3 is 10.1 Å². The van der Waals surface area contributed by atoms with Crippen LogP contribution in [0.1, 0.15) is 10.9 Å². The van der Waals surface area contributed by atoms with Crippen molar-refractivity contribution in [2.24, 2.45) is 0 Å². The molecule has 8 heteroatoms. The van der Waals surface area contributed by atoms with Crippen LogP contribution in [-0.4, -0.2) is 47.9 Å². The van der Waals surface area contributed by atoms with Crippen LogP contribution in [0.3, 0.4) is 0 Å². The molecule has 0 amide bonds. The zero-order valence-corrected chi connectivity index (χ0v) is 13.5. The quantitative estimate of drug-likeness (QED) is 0.870. The van der Waals surface area contributed by atoms with Gasteiger partial charge in [-0.25, -0.2) is 5.10 Å². The van der Waals surface area contributed by atoms with Gasteiger partial charge in [0.05, 0.1) is 31.1 Å².